The third-order valence-electron chi connectivity index (χ3n) is 6.42. The molecule has 0 spiro atoms. The molecule has 0 bridgehead atoms. The van der Waals surface area contributed by atoms with Crippen molar-refractivity contribution in [1.29, 1.82) is 0 Å². The van der Waals surface area contributed by atoms with Gasteiger partial charge in [-0.3, -0.25) is 0 Å². The maximum atomic E-state index is 13.4. The van der Waals surface area contributed by atoms with Crippen molar-refractivity contribution >= 4 is 5.97 Å². The van der Waals surface area contributed by atoms with Gasteiger partial charge in [0.15, 0.2) is 5.60 Å². The Kier molecular flexibility index (Phi) is 7.79. The Bertz CT molecular complexity index is 554. The summed E-state index contributed by atoms with van der Waals surface area (Å²) in [4.78, 5) is 11.7. The maximum absolute atomic E-state index is 13.4. The molecule has 1 unspecified atom stereocenters. The van der Waals surface area contributed by atoms with E-state index in [2.05, 4.69) is 6.58 Å². The number of hydrogen-bond acceptors (Lipinski definition) is 4. The largest absolute Gasteiger partial charge is 0.459 e. The van der Waals surface area contributed by atoms with Crippen molar-refractivity contribution in [2.75, 3.05) is 0 Å². The van der Waals surface area contributed by atoms with E-state index >= 15 is 0 Å². The molecule has 1 atom stereocenters. The van der Waals surface area contributed by atoms with Crippen LogP contribution in [0.4, 0.5) is 13.2 Å². The average Bonchev–Trinajstić information content (AvgIpc) is 2.59. The standard InChI is InChI=1S/C21H35F3O4/c1-8-20(9-2,28-18(5,6)19(7,26)21(22,23)24)15-10-12-16(13-11-15)27-17(25)14(3)4/h15-16,26H,3,8-13H2,1-2,4-7H3. The monoisotopic (exact) mass is 408 g/mol. The van der Waals surface area contributed by atoms with Gasteiger partial charge in [-0.05, 0) is 72.1 Å². The van der Waals surface area contributed by atoms with E-state index in [1.54, 1.807) is 6.92 Å². The second-order valence-corrected chi connectivity index (χ2v) is 8.61. The van der Waals surface area contributed by atoms with E-state index in [4.69, 9.17) is 9.47 Å². The first-order valence-corrected chi connectivity index (χ1v) is 9.99. The molecule has 0 radical (unpaired) electrons. The number of carbonyl (C=O) groups excluding carboxylic acids is 1. The topological polar surface area (TPSA) is 55.8 Å². The highest BCUT2D eigenvalue weighted by Crippen LogP contribution is 2.47. The van der Waals surface area contributed by atoms with Crippen LogP contribution in [0.25, 0.3) is 0 Å². The van der Waals surface area contributed by atoms with E-state index in [0.29, 0.717) is 44.1 Å². The molecule has 0 saturated heterocycles. The molecule has 1 aliphatic carbocycles. The molecule has 0 aliphatic heterocycles. The first-order chi connectivity index (χ1) is 12.6. The van der Waals surface area contributed by atoms with Crippen LogP contribution in [0.5, 0.6) is 0 Å². The van der Waals surface area contributed by atoms with Crippen molar-refractivity contribution in [2.45, 2.75) is 109 Å². The number of esters is 1. The van der Waals surface area contributed by atoms with Crippen LogP contribution in [-0.2, 0) is 14.3 Å². The number of ether oxygens (including phenoxy) is 2. The molecule has 0 aromatic carbocycles. The molecule has 1 fully saturated rings. The molecule has 7 heteroatoms. The van der Waals surface area contributed by atoms with Crippen molar-refractivity contribution in [2.24, 2.45) is 5.92 Å². The molecule has 4 nitrogen and oxygen atoms in total. The Morgan fingerprint density at radius 3 is 1.89 bits per heavy atom. The number of hydrogen-bond donors (Lipinski definition) is 1. The van der Waals surface area contributed by atoms with Gasteiger partial charge in [0, 0.05) is 5.57 Å². The third kappa shape index (κ3) is 5.09. The predicted octanol–water partition coefficient (Wildman–Crippen LogP) is 5.33. The molecule has 164 valence electrons. The summed E-state index contributed by atoms with van der Waals surface area (Å²) in [6.07, 6.45) is -1.34. The highest BCUT2D eigenvalue weighted by molar-refractivity contribution is 5.87. The second kappa shape index (κ2) is 8.74. The second-order valence-electron chi connectivity index (χ2n) is 8.61. The normalized spacial score (nSPS) is 23.8. The summed E-state index contributed by atoms with van der Waals surface area (Å²) in [5, 5.41) is 10.2. The maximum Gasteiger partial charge on any atom is 0.419 e. The lowest BCUT2D eigenvalue weighted by atomic mass is 9.72. The van der Waals surface area contributed by atoms with Gasteiger partial charge in [-0.25, -0.2) is 4.79 Å². The Hall–Kier alpha value is -1.08. The lowest BCUT2D eigenvalue weighted by Crippen LogP contribution is -2.63. The average molecular weight is 409 g/mol. The Morgan fingerprint density at radius 1 is 1.07 bits per heavy atom. The van der Waals surface area contributed by atoms with E-state index in [-0.39, 0.29) is 12.0 Å². The Labute approximate surface area is 166 Å². The summed E-state index contributed by atoms with van der Waals surface area (Å²) in [7, 11) is 0. The van der Waals surface area contributed by atoms with Crippen molar-refractivity contribution in [3.8, 4) is 0 Å². The van der Waals surface area contributed by atoms with E-state index < -0.39 is 28.9 Å². The SMILES string of the molecule is C=C(C)C(=O)OC1CCC(C(CC)(CC)OC(C)(C)C(C)(O)C(F)(F)F)CC1. The first-order valence-electron chi connectivity index (χ1n) is 9.99. The van der Waals surface area contributed by atoms with Crippen molar-refractivity contribution in [3.05, 3.63) is 12.2 Å². The minimum Gasteiger partial charge on any atom is -0.459 e. The molecule has 1 rings (SSSR count). The smallest absolute Gasteiger partial charge is 0.419 e. The molecule has 1 saturated carbocycles. The molecular weight excluding hydrogens is 373 g/mol. The van der Waals surface area contributed by atoms with Crippen LogP contribution >= 0.6 is 0 Å². The molecular formula is C21H35F3O4. The predicted molar refractivity (Wildman–Crippen MR) is 102 cm³/mol. The van der Waals surface area contributed by atoms with Gasteiger partial charge >= 0.3 is 12.1 Å². The van der Waals surface area contributed by atoms with E-state index in [1.807, 2.05) is 13.8 Å². The molecule has 0 amide bonds. The van der Waals surface area contributed by atoms with Gasteiger partial charge in [0.2, 0.25) is 0 Å². The van der Waals surface area contributed by atoms with E-state index in [9.17, 15) is 23.1 Å². The van der Waals surface area contributed by atoms with Crippen molar-refractivity contribution in [3.63, 3.8) is 0 Å². The zero-order valence-corrected chi connectivity index (χ0v) is 17.9. The first kappa shape index (κ1) is 25.0. The van der Waals surface area contributed by atoms with Crippen LogP contribution in [0.2, 0.25) is 0 Å². The van der Waals surface area contributed by atoms with Gasteiger partial charge in [0.05, 0.1) is 5.60 Å². The minimum atomic E-state index is -4.81. The van der Waals surface area contributed by atoms with E-state index in [0.717, 1.165) is 6.92 Å². The molecule has 1 N–H and O–H groups in total. The third-order valence-corrected chi connectivity index (χ3v) is 6.42. The highest BCUT2D eigenvalue weighted by Gasteiger charge is 2.62. The summed E-state index contributed by atoms with van der Waals surface area (Å²) >= 11 is 0. The quantitative estimate of drug-likeness (QED) is 0.436. The molecule has 0 aromatic heterocycles. The summed E-state index contributed by atoms with van der Waals surface area (Å²) < 4.78 is 51.8. The van der Waals surface area contributed by atoms with Gasteiger partial charge in [0.25, 0.3) is 0 Å². The molecule has 1 aliphatic rings. The van der Waals surface area contributed by atoms with Gasteiger partial charge in [-0.1, -0.05) is 20.4 Å². The number of alkyl halides is 3. The van der Waals surface area contributed by atoms with Crippen LogP contribution < -0.4 is 0 Å². The lowest BCUT2D eigenvalue weighted by molar-refractivity contribution is -0.335. The number of rotatable bonds is 8. The Balaban J connectivity index is 2.95. The zero-order valence-electron chi connectivity index (χ0n) is 17.9. The fourth-order valence-corrected chi connectivity index (χ4v) is 3.96. The number of aliphatic hydroxyl groups is 1. The number of carbonyl (C=O) groups is 1. The van der Waals surface area contributed by atoms with E-state index in [1.165, 1.54) is 13.8 Å². The van der Waals surface area contributed by atoms with Crippen LogP contribution in [0.15, 0.2) is 12.2 Å². The summed E-state index contributed by atoms with van der Waals surface area (Å²) in [6, 6.07) is 0. The van der Waals surface area contributed by atoms with Gasteiger partial charge in [-0.15, -0.1) is 0 Å². The highest BCUT2D eigenvalue weighted by atomic mass is 19.4. The fraction of sp³-hybridized carbons (Fsp3) is 0.857. The van der Waals surface area contributed by atoms with Gasteiger partial charge in [-0.2, -0.15) is 13.2 Å². The summed E-state index contributed by atoms with van der Waals surface area (Å²) in [5.74, 6) is -0.398. The summed E-state index contributed by atoms with van der Waals surface area (Å²) in [5.41, 5.74) is -5.25. The zero-order chi connectivity index (χ0) is 22.0. The van der Waals surface area contributed by atoms with Crippen LogP contribution in [-0.4, -0.2) is 40.2 Å². The molecule has 0 heterocycles. The number of halogens is 3. The Morgan fingerprint density at radius 2 is 1.54 bits per heavy atom. The van der Waals surface area contributed by atoms with Crippen molar-refractivity contribution < 1.29 is 32.5 Å². The molecule has 28 heavy (non-hydrogen) atoms. The van der Waals surface area contributed by atoms with Gasteiger partial charge < -0.3 is 14.6 Å². The lowest BCUT2D eigenvalue weighted by Gasteiger charge is -2.51. The summed E-state index contributed by atoms with van der Waals surface area (Å²) in [6.45, 7) is 12.3. The van der Waals surface area contributed by atoms with Crippen LogP contribution in [0.1, 0.15) is 80.1 Å². The molecule has 0 aromatic rings. The minimum absolute atomic E-state index is 0.0191. The van der Waals surface area contributed by atoms with Crippen LogP contribution in [0, 0.1) is 5.92 Å². The van der Waals surface area contributed by atoms with Gasteiger partial charge in [0.1, 0.15) is 11.7 Å². The van der Waals surface area contributed by atoms with Crippen molar-refractivity contribution in [1.82, 2.24) is 0 Å². The fourth-order valence-electron chi connectivity index (χ4n) is 3.96. The van der Waals surface area contributed by atoms with Crippen LogP contribution in [0.3, 0.4) is 0 Å².